The molecule has 134 valence electrons. The van der Waals surface area contributed by atoms with Crippen LogP contribution in [-0.2, 0) is 0 Å². The van der Waals surface area contributed by atoms with Crippen LogP contribution in [0.4, 0.5) is 0 Å². The Morgan fingerprint density at radius 3 is 2.62 bits per heavy atom. The molecule has 24 heavy (non-hydrogen) atoms. The maximum Gasteiger partial charge on any atom is 0.251 e. The van der Waals surface area contributed by atoms with Gasteiger partial charge in [0.2, 0.25) is 5.75 Å². The number of fused-ring (bicyclic) bond motifs is 1. The SMILES string of the molecule is COc1cc(C(=O)NC(CC(C)C)CN(C)C)cc2c1OCCO2. The number of likely N-dealkylation sites (N-methyl/N-ethyl adjacent to an activating group) is 1. The lowest BCUT2D eigenvalue weighted by Crippen LogP contribution is -2.42. The highest BCUT2D eigenvalue weighted by Crippen LogP contribution is 2.40. The number of ether oxygens (including phenoxy) is 3. The van der Waals surface area contributed by atoms with Crippen molar-refractivity contribution in [2.24, 2.45) is 5.92 Å². The fourth-order valence-corrected chi connectivity index (χ4v) is 2.86. The van der Waals surface area contributed by atoms with Gasteiger partial charge in [0.05, 0.1) is 7.11 Å². The quantitative estimate of drug-likeness (QED) is 0.827. The first-order valence-electron chi connectivity index (χ1n) is 8.34. The lowest BCUT2D eigenvalue weighted by molar-refractivity contribution is 0.0922. The van der Waals surface area contributed by atoms with Gasteiger partial charge in [0.15, 0.2) is 11.5 Å². The molecule has 1 atom stereocenters. The van der Waals surface area contributed by atoms with Crippen molar-refractivity contribution in [2.45, 2.75) is 26.3 Å². The van der Waals surface area contributed by atoms with Crippen molar-refractivity contribution in [3.8, 4) is 17.2 Å². The van der Waals surface area contributed by atoms with Crippen molar-refractivity contribution in [1.82, 2.24) is 10.2 Å². The summed E-state index contributed by atoms with van der Waals surface area (Å²) in [5.74, 6) is 2.01. The second-order valence-corrected chi connectivity index (χ2v) is 6.76. The summed E-state index contributed by atoms with van der Waals surface area (Å²) in [6.45, 7) is 6.06. The lowest BCUT2D eigenvalue weighted by Gasteiger charge is -2.25. The molecule has 0 bridgehead atoms. The molecule has 1 aromatic rings. The highest BCUT2D eigenvalue weighted by atomic mass is 16.6. The highest BCUT2D eigenvalue weighted by molar-refractivity contribution is 5.95. The van der Waals surface area contributed by atoms with E-state index in [2.05, 4.69) is 24.1 Å². The van der Waals surface area contributed by atoms with Gasteiger partial charge >= 0.3 is 0 Å². The smallest absolute Gasteiger partial charge is 0.251 e. The highest BCUT2D eigenvalue weighted by Gasteiger charge is 2.22. The van der Waals surface area contributed by atoms with Crippen LogP contribution in [0.5, 0.6) is 17.2 Å². The van der Waals surface area contributed by atoms with E-state index < -0.39 is 0 Å². The number of nitrogens with zero attached hydrogens (tertiary/aromatic N) is 1. The number of hydrogen-bond donors (Lipinski definition) is 1. The molecule has 0 saturated carbocycles. The number of benzene rings is 1. The number of carbonyl (C=O) groups is 1. The Kier molecular flexibility index (Phi) is 6.31. The largest absolute Gasteiger partial charge is 0.493 e. The zero-order valence-corrected chi connectivity index (χ0v) is 15.2. The molecular weight excluding hydrogens is 308 g/mol. The van der Waals surface area contributed by atoms with E-state index in [1.165, 1.54) is 0 Å². The fourth-order valence-electron chi connectivity index (χ4n) is 2.86. The number of amides is 1. The minimum Gasteiger partial charge on any atom is -0.493 e. The summed E-state index contributed by atoms with van der Waals surface area (Å²) in [4.78, 5) is 14.8. The minimum absolute atomic E-state index is 0.0895. The summed E-state index contributed by atoms with van der Waals surface area (Å²) in [6.07, 6.45) is 0.922. The Morgan fingerprint density at radius 1 is 1.29 bits per heavy atom. The van der Waals surface area contributed by atoms with E-state index in [0.29, 0.717) is 41.9 Å². The van der Waals surface area contributed by atoms with Crippen LogP contribution in [0.25, 0.3) is 0 Å². The maximum atomic E-state index is 12.7. The first kappa shape index (κ1) is 18.4. The third-order valence-corrected chi connectivity index (χ3v) is 3.77. The second kappa shape index (κ2) is 8.24. The van der Waals surface area contributed by atoms with E-state index in [0.717, 1.165) is 13.0 Å². The van der Waals surface area contributed by atoms with Gasteiger partial charge in [-0.1, -0.05) is 13.8 Å². The predicted molar refractivity (Wildman–Crippen MR) is 93.2 cm³/mol. The molecule has 1 amide bonds. The zero-order chi connectivity index (χ0) is 17.7. The molecule has 6 heteroatoms. The van der Waals surface area contributed by atoms with Gasteiger partial charge in [-0.2, -0.15) is 0 Å². The van der Waals surface area contributed by atoms with Gasteiger partial charge in [0.1, 0.15) is 13.2 Å². The monoisotopic (exact) mass is 336 g/mol. The minimum atomic E-state index is -0.127. The molecule has 1 aromatic carbocycles. The molecule has 2 rings (SSSR count). The molecular formula is C18H28N2O4. The van der Waals surface area contributed by atoms with E-state index in [-0.39, 0.29) is 11.9 Å². The van der Waals surface area contributed by atoms with Crippen LogP contribution < -0.4 is 19.5 Å². The van der Waals surface area contributed by atoms with Gasteiger partial charge in [-0.15, -0.1) is 0 Å². The molecule has 1 unspecified atom stereocenters. The third-order valence-electron chi connectivity index (χ3n) is 3.77. The fraction of sp³-hybridized carbons (Fsp3) is 0.611. The van der Waals surface area contributed by atoms with Gasteiger partial charge in [-0.05, 0) is 38.6 Å². The van der Waals surface area contributed by atoms with Crippen molar-refractivity contribution < 1.29 is 19.0 Å². The van der Waals surface area contributed by atoms with E-state index >= 15 is 0 Å². The van der Waals surface area contributed by atoms with E-state index in [1.54, 1.807) is 19.2 Å². The van der Waals surface area contributed by atoms with Crippen molar-refractivity contribution in [2.75, 3.05) is 41.0 Å². The summed E-state index contributed by atoms with van der Waals surface area (Å²) in [5, 5.41) is 3.12. The van der Waals surface area contributed by atoms with Crippen LogP contribution in [0.3, 0.4) is 0 Å². The van der Waals surface area contributed by atoms with Crippen LogP contribution in [0.15, 0.2) is 12.1 Å². The van der Waals surface area contributed by atoms with Gasteiger partial charge in [0, 0.05) is 18.2 Å². The predicted octanol–water partition coefficient (Wildman–Crippen LogP) is 2.17. The summed E-state index contributed by atoms with van der Waals surface area (Å²) in [6, 6.07) is 3.51. The van der Waals surface area contributed by atoms with Crippen LogP contribution >= 0.6 is 0 Å². The number of methoxy groups -OCH3 is 1. The number of carbonyl (C=O) groups excluding carboxylic acids is 1. The summed E-state index contributed by atoms with van der Waals surface area (Å²) >= 11 is 0. The molecule has 1 N–H and O–H groups in total. The normalized spacial score (nSPS) is 14.6. The molecule has 0 spiro atoms. The first-order chi connectivity index (χ1) is 11.4. The Labute approximate surface area is 144 Å². The molecule has 1 aliphatic rings. The average Bonchev–Trinajstić information content (AvgIpc) is 2.52. The number of hydrogen-bond acceptors (Lipinski definition) is 5. The van der Waals surface area contributed by atoms with Crippen molar-refractivity contribution in [1.29, 1.82) is 0 Å². The maximum absolute atomic E-state index is 12.7. The van der Waals surface area contributed by atoms with Crippen LogP contribution in [0, 0.1) is 5.92 Å². The molecule has 1 aliphatic heterocycles. The molecule has 0 radical (unpaired) electrons. The van der Waals surface area contributed by atoms with Crippen molar-refractivity contribution >= 4 is 5.91 Å². The Balaban J connectivity index is 2.18. The summed E-state index contributed by atoms with van der Waals surface area (Å²) < 4.78 is 16.5. The van der Waals surface area contributed by atoms with Gasteiger partial charge in [-0.25, -0.2) is 0 Å². The van der Waals surface area contributed by atoms with E-state index in [9.17, 15) is 4.79 Å². The number of rotatable bonds is 7. The van der Waals surface area contributed by atoms with Crippen LogP contribution in [0.1, 0.15) is 30.6 Å². The summed E-state index contributed by atoms with van der Waals surface area (Å²) in [7, 11) is 5.57. The Hall–Kier alpha value is -1.95. The van der Waals surface area contributed by atoms with Gasteiger partial charge in [0.25, 0.3) is 5.91 Å². The zero-order valence-electron chi connectivity index (χ0n) is 15.2. The molecule has 0 aliphatic carbocycles. The lowest BCUT2D eigenvalue weighted by atomic mass is 10.0. The van der Waals surface area contributed by atoms with Crippen molar-refractivity contribution in [3.63, 3.8) is 0 Å². The second-order valence-electron chi connectivity index (χ2n) is 6.76. The topological polar surface area (TPSA) is 60.0 Å². The van der Waals surface area contributed by atoms with E-state index in [1.807, 2.05) is 14.1 Å². The van der Waals surface area contributed by atoms with Crippen LogP contribution in [-0.4, -0.2) is 57.8 Å². The third kappa shape index (κ3) is 4.77. The molecule has 0 saturated heterocycles. The van der Waals surface area contributed by atoms with Gasteiger partial charge < -0.3 is 24.4 Å². The number of nitrogens with one attached hydrogen (secondary N) is 1. The molecule has 6 nitrogen and oxygen atoms in total. The molecule has 0 aromatic heterocycles. The molecule has 1 heterocycles. The standard InChI is InChI=1S/C18H28N2O4/c1-12(2)8-14(11-20(3)4)19-18(21)13-9-15(22-5)17-16(10-13)23-6-7-24-17/h9-10,12,14H,6-8,11H2,1-5H3,(H,19,21). The molecule has 0 fully saturated rings. The average molecular weight is 336 g/mol. The Morgan fingerprint density at radius 2 is 2.00 bits per heavy atom. The van der Waals surface area contributed by atoms with Crippen molar-refractivity contribution in [3.05, 3.63) is 17.7 Å². The Bertz CT molecular complexity index is 545. The van der Waals surface area contributed by atoms with Crippen LogP contribution in [0.2, 0.25) is 0 Å². The van der Waals surface area contributed by atoms with Gasteiger partial charge in [-0.3, -0.25) is 4.79 Å². The summed E-state index contributed by atoms with van der Waals surface area (Å²) in [5.41, 5.74) is 0.517. The first-order valence-corrected chi connectivity index (χ1v) is 8.34. The van der Waals surface area contributed by atoms with E-state index in [4.69, 9.17) is 14.2 Å².